The van der Waals surface area contributed by atoms with Crippen LogP contribution in [0.4, 0.5) is 4.79 Å². The second-order valence-corrected chi connectivity index (χ2v) is 3.96. The molecule has 1 heterocycles. The quantitative estimate of drug-likeness (QED) is 0.707. The van der Waals surface area contributed by atoms with E-state index in [0.717, 1.165) is 38.9 Å². The van der Waals surface area contributed by atoms with Crippen LogP contribution in [0.2, 0.25) is 0 Å². The maximum absolute atomic E-state index is 11.5. The van der Waals surface area contributed by atoms with E-state index in [2.05, 4.69) is 19.2 Å². The van der Waals surface area contributed by atoms with E-state index in [1.807, 2.05) is 0 Å². The highest BCUT2D eigenvalue weighted by molar-refractivity contribution is 5.68. The summed E-state index contributed by atoms with van der Waals surface area (Å²) in [5.74, 6) is 0. The lowest BCUT2D eigenvalue weighted by atomic mass is 10.3. The van der Waals surface area contributed by atoms with Crippen molar-refractivity contribution < 1.29 is 9.53 Å². The number of likely N-dealkylation sites (N-methyl/N-ethyl adjacent to an activating group) is 1. The summed E-state index contributed by atoms with van der Waals surface area (Å²) in [6.07, 6.45) is 2.91. The second kappa shape index (κ2) is 6.67. The number of nitrogens with one attached hydrogen (secondary N) is 1. The van der Waals surface area contributed by atoms with E-state index in [1.54, 1.807) is 4.90 Å². The van der Waals surface area contributed by atoms with Crippen LogP contribution in [0.1, 0.15) is 33.1 Å². The molecular formula is C11H22N2O2. The number of likely N-dealkylation sites (tertiary alicyclic amines) is 1. The van der Waals surface area contributed by atoms with Crippen LogP contribution in [0.5, 0.6) is 0 Å². The van der Waals surface area contributed by atoms with Gasteiger partial charge in [0.1, 0.15) is 0 Å². The smallest absolute Gasteiger partial charge is 0.409 e. The number of rotatable bonds is 5. The van der Waals surface area contributed by atoms with Gasteiger partial charge in [-0.05, 0) is 19.4 Å². The van der Waals surface area contributed by atoms with Crippen molar-refractivity contribution in [2.24, 2.45) is 0 Å². The van der Waals surface area contributed by atoms with E-state index in [0.29, 0.717) is 12.6 Å². The van der Waals surface area contributed by atoms with Gasteiger partial charge in [0, 0.05) is 19.1 Å². The molecule has 1 rings (SSSR count). The largest absolute Gasteiger partial charge is 0.449 e. The van der Waals surface area contributed by atoms with Gasteiger partial charge in [0.25, 0.3) is 0 Å². The monoisotopic (exact) mass is 214 g/mol. The van der Waals surface area contributed by atoms with Crippen molar-refractivity contribution in [1.29, 1.82) is 0 Å². The summed E-state index contributed by atoms with van der Waals surface area (Å²) in [6, 6.07) is 0.453. The molecule has 4 nitrogen and oxygen atoms in total. The Bertz CT molecular complexity index is 197. The van der Waals surface area contributed by atoms with Gasteiger partial charge >= 0.3 is 6.09 Å². The summed E-state index contributed by atoms with van der Waals surface area (Å²) in [6.45, 7) is 7.30. The number of hydrogen-bond donors (Lipinski definition) is 1. The maximum Gasteiger partial charge on any atom is 0.409 e. The van der Waals surface area contributed by atoms with Crippen LogP contribution < -0.4 is 5.32 Å². The number of nitrogens with zero attached hydrogens (tertiary/aromatic N) is 1. The molecule has 1 aliphatic heterocycles. The number of ether oxygens (including phenoxy) is 1. The van der Waals surface area contributed by atoms with Crippen molar-refractivity contribution in [3.63, 3.8) is 0 Å². The fourth-order valence-corrected chi connectivity index (χ4v) is 1.78. The molecular weight excluding hydrogens is 192 g/mol. The first-order valence-corrected chi connectivity index (χ1v) is 5.93. The third-order valence-corrected chi connectivity index (χ3v) is 2.66. The summed E-state index contributed by atoms with van der Waals surface area (Å²) >= 11 is 0. The fraction of sp³-hybridized carbons (Fsp3) is 0.909. The Morgan fingerprint density at radius 2 is 2.33 bits per heavy atom. The fourth-order valence-electron chi connectivity index (χ4n) is 1.78. The Morgan fingerprint density at radius 3 is 3.00 bits per heavy atom. The molecule has 15 heavy (non-hydrogen) atoms. The molecule has 88 valence electrons. The summed E-state index contributed by atoms with van der Waals surface area (Å²) in [4.78, 5) is 13.3. The summed E-state index contributed by atoms with van der Waals surface area (Å²) in [5.41, 5.74) is 0. The van der Waals surface area contributed by atoms with Crippen LogP contribution in [0.3, 0.4) is 0 Å². The predicted octanol–water partition coefficient (Wildman–Crippen LogP) is 1.61. The van der Waals surface area contributed by atoms with Crippen molar-refractivity contribution in [1.82, 2.24) is 10.2 Å². The number of amides is 1. The highest BCUT2D eigenvalue weighted by Gasteiger charge is 2.26. The molecule has 0 aliphatic carbocycles. The van der Waals surface area contributed by atoms with Gasteiger partial charge in [0.05, 0.1) is 6.61 Å². The Balaban J connectivity index is 2.18. The lowest BCUT2D eigenvalue weighted by molar-refractivity contribution is 0.108. The van der Waals surface area contributed by atoms with Crippen LogP contribution in [-0.2, 0) is 4.74 Å². The molecule has 1 aliphatic rings. The molecule has 0 saturated carbocycles. The zero-order valence-electron chi connectivity index (χ0n) is 9.79. The van der Waals surface area contributed by atoms with Crippen LogP contribution in [0, 0.1) is 0 Å². The minimum absolute atomic E-state index is 0.149. The topological polar surface area (TPSA) is 41.6 Å². The Morgan fingerprint density at radius 1 is 1.53 bits per heavy atom. The summed E-state index contributed by atoms with van der Waals surface area (Å²) in [5, 5.41) is 3.35. The van der Waals surface area contributed by atoms with Crippen LogP contribution in [0.15, 0.2) is 0 Å². The molecule has 1 unspecified atom stereocenters. The van der Waals surface area contributed by atoms with E-state index < -0.39 is 0 Å². The minimum atomic E-state index is -0.149. The van der Waals surface area contributed by atoms with Crippen molar-refractivity contribution in [2.45, 2.75) is 39.2 Å². The highest BCUT2D eigenvalue weighted by atomic mass is 16.6. The molecule has 0 bridgehead atoms. The third-order valence-electron chi connectivity index (χ3n) is 2.66. The lowest BCUT2D eigenvalue weighted by Gasteiger charge is -2.16. The number of hydrogen-bond acceptors (Lipinski definition) is 3. The molecule has 0 radical (unpaired) electrons. The minimum Gasteiger partial charge on any atom is -0.449 e. The summed E-state index contributed by atoms with van der Waals surface area (Å²) < 4.78 is 5.15. The van der Waals surface area contributed by atoms with Crippen molar-refractivity contribution >= 4 is 6.09 Å². The highest BCUT2D eigenvalue weighted by Crippen LogP contribution is 2.10. The molecule has 1 N–H and O–H groups in total. The first-order valence-electron chi connectivity index (χ1n) is 5.93. The number of unbranched alkanes of at least 4 members (excludes halogenated alkanes) is 1. The van der Waals surface area contributed by atoms with Crippen LogP contribution in [0.25, 0.3) is 0 Å². The van der Waals surface area contributed by atoms with Gasteiger partial charge in [-0.25, -0.2) is 4.79 Å². The first-order chi connectivity index (χ1) is 7.27. The lowest BCUT2D eigenvalue weighted by Crippen LogP contribution is -2.35. The molecule has 0 aromatic carbocycles. The first kappa shape index (κ1) is 12.3. The van der Waals surface area contributed by atoms with Gasteiger partial charge in [-0.1, -0.05) is 20.3 Å². The zero-order chi connectivity index (χ0) is 11.1. The average Bonchev–Trinajstić information content (AvgIpc) is 2.67. The predicted molar refractivity (Wildman–Crippen MR) is 59.9 cm³/mol. The molecule has 0 aromatic rings. The van der Waals surface area contributed by atoms with Crippen molar-refractivity contribution in [2.75, 3.05) is 26.2 Å². The third kappa shape index (κ3) is 4.08. The van der Waals surface area contributed by atoms with Gasteiger partial charge in [-0.3, -0.25) is 0 Å². The SMILES string of the molecule is CCCCOC(=O)N1CCC(NCC)C1. The van der Waals surface area contributed by atoms with Gasteiger partial charge in [-0.15, -0.1) is 0 Å². The zero-order valence-corrected chi connectivity index (χ0v) is 9.79. The van der Waals surface area contributed by atoms with Crippen molar-refractivity contribution in [3.8, 4) is 0 Å². The van der Waals surface area contributed by atoms with Gasteiger partial charge in [0.15, 0.2) is 0 Å². The Labute approximate surface area is 92.0 Å². The Kier molecular flexibility index (Phi) is 5.47. The van der Waals surface area contributed by atoms with Gasteiger partial charge < -0.3 is 15.0 Å². The normalized spacial score (nSPS) is 20.7. The van der Waals surface area contributed by atoms with Gasteiger partial charge in [-0.2, -0.15) is 0 Å². The number of carbonyl (C=O) groups excluding carboxylic acids is 1. The van der Waals surface area contributed by atoms with Crippen LogP contribution >= 0.6 is 0 Å². The maximum atomic E-state index is 11.5. The summed E-state index contributed by atoms with van der Waals surface area (Å²) in [7, 11) is 0. The molecule has 0 spiro atoms. The molecule has 1 atom stereocenters. The van der Waals surface area contributed by atoms with E-state index in [1.165, 1.54) is 0 Å². The number of carbonyl (C=O) groups is 1. The van der Waals surface area contributed by atoms with Crippen molar-refractivity contribution in [3.05, 3.63) is 0 Å². The Hall–Kier alpha value is -0.770. The average molecular weight is 214 g/mol. The molecule has 1 saturated heterocycles. The molecule has 0 aromatic heterocycles. The van der Waals surface area contributed by atoms with E-state index in [4.69, 9.17) is 4.74 Å². The standard InChI is InChI=1S/C11H22N2O2/c1-3-5-8-15-11(14)13-7-6-10(9-13)12-4-2/h10,12H,3-9H2,1-2H3. The molecule has 1 amide bonds. The van der Waals surface area contributed by atoms with E-state index >= 15 is 0 Å². The van der Waals surface area contributed by atoms with E-state index in [9.17, 15) is 4.79 Å². The second-order valence-electron chi connectivity index (χ2n) is 3.96. The molecule has 1 fully saturated rings. The van der Waals surface area contributed by atoms with E-state index in [-0.39, 0.29) is 6.09 Å². The van der Waals surface area contributed by atoms with Crippen LogP contribution in [-0.4, -0.2) is 43.3 Å². The van der Waals surface area contributed by atoms with Gasteiger partial charge in [0.2, 0.25) is 0 Å². The molecule has 4 heteroatoms.